The molecule has 0 N–H and O–H groups in total. The first-order chi connectivity index (χ1) is 12.3. The van der Waals surface area contributed by atoms with E-state index in [9.17, 15) is 4.79 Å². The maximum atomic E-state index is 14.1. The summed E-state index contributed by atoms with van der Waals surface area (Å²) in [6.07, 6.45) is 3.74. The first kappa shape index (κ1) is 20.4. The number of ketones is 1. The number of hydrogen-bond acceptors (Lipinski definition) is 1. The Morgan fingerprint density at radius 3 is 1.46 bits per heavy atom. The van der Waals surface area contributed by atoms with Crippen LogP contribution >= 0.6 is 0 Å². The van der Waals surface area contributed by atoms with Crippen molar-refractivity contribution in [2.75, 3.05) is 0 Å². The molecule has 0 bridgehead atoms. The molecule has 0 aliphatic carbocycles. The summed E-state index contributed by atoms with van der Waals surface area (Å²) in [5.41, 5.74) is 3.80. The summed E-state index contributed by atoms with van der Waals surface area (Å²) >= 11 is 0. The molecule has 0 aliphatic heterocycles. The molecule has 0 amide bonds. The zero-order chi connectivity index (χ0) is 19.4. The van der Waals surface area contributed by atoms with E-state index in [0.717, 1.165) is 36.8 Å². The smallest absolute Gasteiger partial charge is 0.153 e. The number of benzene rings is 2. The molecule has 0 saturated carbocycles. The Hall–Kier alpha value is -1.89. The molecule has 0 fully saturated rings. The summed E-state index contributed by atoms with van der Waals surface area (Å²) in [7, 11) is 0. The van der Waals surface area contributed by atoms with Gasteiger partial charge in [-0.25, -0.2) is 0 Å². The molecule has 2 aromatic rings. The maximum Gasteiger partial charge on any atom is 0.153 e. The third-order valence-corrected chi connectivity index (χ3v) is 5.81. The molecule has 140 valence electrons. The minimum atomic E-state index is -0.464. The van der Waals surface area contributed by atoms with Crippen molar-refractivity contribution in [3.8, 4) is 0 Å². The van der Waals surface area contributed by atoms with Gasteiger partial charge in [-0.1, -0.05) is 86.3 Å². The van der Waals surface area contributed by atoms with E-state index >= 15 is 0 Å². The highest BCUT2D eigenvalue weighted by atomic mass is 16.1. The fraction of sp³-hybridized carbons (Fsp3) is 0.480. The van der Waals surface area contributed by atoms with Gasteiger partial charge in [0.15, 0.2) is 5.78 Å². The number of aryl methyl sites for hydroxylation is 2. The van der Waals surface area contributed by atoms with Crippen molar-refractivity contribution >= 4 is 5.78 Å². The van der Waals surface area contributed by atoms with Gasteiger partial charge in [0.2, 0.25) is 0 Å². The largest absolute Gasteiger partial charge is 0.298 e. The summed E-state index contributed by atoms with van der Waals surface area (Å²) in [6.45, 7) is 12.9. The molecular formula is C25H34O. The van der Waals surface area contributed by atoms with Gasteiger partial charge in [0.25, 0.3) is 0 Å². The Morgan fingerprint density at radius 1 is 0.769 bits per heavy atom. The van der Waals surface area contributed by atoms with Crippen LogP contribution in [0.4, 0.5) is 0 Å². The number of carbonyl (C=O) groups excluding carboxylic acids is 1. The minimum absolute atomic E-state index is 0.352. The van der Waals surface area contributed by atoms with E-state index in [2.05, 4.69) is 90.1 Å². The first-order valence-corrected chi connectivity index (χ1v) is 9.97. The van der Waals surface area contributed by atoms with Crippen molar-refractivity contribution in [2.45, 2.75) is 78.1 Å². The average Bonchev–Trinajstić information content (AvgIpc) is 2.61. The Kier molecular flexibility index (Phi) is 6.44. The van der Waals surface area contributed by atoms with Gasteiger partial charge in [0, 0.05) is 0 Å². The summed E-state index contributed by atoms with van der Waals surface area (Å²) in [5, 5.41) is 0. The predicted molar refractivity (Wildman–Crippen MR) is 112 cm³/mol. The third kappa shape index (κ3) is 3.92. The van der Waals surface area contributed by atoms with Gasteiger partial charge >= 0.3 is 0 Å². The molecule has 26 heavy (non-hydrogen) atoms. The van der Waals surface area contributed by atoms with Gasteiger partial charge in [-0.2, -0.15) is 0 Å². The minimum Gasteiger partial charge on any atom is -0.298 e. The van der Waals surface area contributed by atoms with Gasteiger partial charge in [0.05, 0.1) is 10.8 Å². The van der Waals surface area contributed by atoms with Crippen molar-refractivity contribution in [1.29, 1.82) is 0 Å². The van der Waals surface area contributed by atoms with Crippen LogP contribution in [-0.2, 0) is 15.6 Å². The quantitative estimate of drug-likeness (QED) is 0.518. The lowest BCUT2D eigenvalue weighted by Gasteiger charge is -2.39. The van der Waals surface area contributed by atoms with Crippen LogP contribution in [0.15, 0.2) is 48.5 Å². The molecule has 2 unspecified atom stereocenters. The molecule has 0 aliphatic rings. The van der Waals surface area contributed by atoms with Crippen molar-refractivity contribution in [3.05, 3.63) is 70.8 Å². The zero-order valence-electron chi connectivity index (χ0n) is 17.4. The Morgan fingerprint density at radius 2 is 1.15 bits per heavy atom. The van der Waals surface area contributed by atoms with E-state index < -0.39 is 10.8 Å². The van der Waals surface area contributed by atoms with Gasteiger partial charge in [-0.05, 0) is 51.7 Å². The molecule has 2 rings (SSSR count). The second-order valence-electron chi connectivity index (χ2n) is 8.23. The lowest BCUT2D eigenvalue weighted by molar-refractivity contribution is -0.130. The molecular weight excluding hydrogens is 316 g/mol. The van der Waals surface area contributed by atoms with Crippen LogP contribution in [0.3, 0.4) is 0 Å². The summed E-state index contributed by atoms with van der Waals surface area (Å²) in [6, 6.07) is 17.0. The molecule has 2 atom stereocenters. The number of Topliss-reactive ketones (excluding diaryl/α,β-unsaturated/α-hetero) is 1. The summed E-state index contributed by atoms with van der Waals surface area (Å²) < 4.78 is 0. The molecule has 2 aromatic carbocycles. The Labute approximate surface area is 159 Å². The fourth-order valence-corrected chi connectivity index (χ4v) is 4.36. The van der Waals surface area contributed by atoms with E-state index in [1.165, 1.54) is 11.1 Å². The Balaban J connectivity index is 2.60. The maximum absolute atomic E-state index is 14.1. The SMILES string of the molecule is CCCC(C)(C(=O)C(C)(CCC)c1cccc(C)c1)c1cccc(C)c1. The van der Waals surface area contributed by atoms with E-state index in [1.54, 1.807) is 0 Å². The number of rotatable bonds is 8. The first-order valence-electron chi connectivity index (χ1n) is 9.97. The average molecular weight is 351 g/mol. The van der Waals surface area contributed by atoms with E-state index in [0.29, 0.717) is 5.78 Å². The second-order valence-corrected chi connectivity index (χ2v) is 8.23. The van der Waals surface area contributed by atoms with Crippen LogP contribution in [0.1, 0.15) is 75.6 Å². The monoisotopic (exact) mass is 350 g/mol. The summed E-state index contributed by atoms with van der Waals surface area (Å²) in [4.78, 5) is 14.1. The molecule has 1 nitrogen and oxygen atoms in total. The van der Waals surface area contributed by atoms with Crippen LogP contribution in [0.2, 0.25) is 0 Å². The van der Waals surface area contributed by atoms with E-state index in [4.69, 9.17) is 0 Å². The van der Waals surface area contributed by atoms with Gasteiger partial charge < -0.3 is 0 Å². The van der Waals surface area contributed by atoms with Crippen LogP contribution in [-0.4, -0.2) is 5.78 Å². The van der Waals surface area contributed by atoms with Crippen molar-refractivity contribution in [1.82, 2.24) is 0 Å². The second kappa shape index (κ2) is 8.20. The van der Waals surface area contributed by atoms with E-state index in [-0.39, 0.29) is 0 Å². The van der Waals surface area contributed by atoms with Gasteiger partial charge in [-0.15, -0.1) is 0 Å². The molecule has 0 radical (unpaired) electrons. The fourth-order valence-electron chi connectivity index (χ4n) is 4.36. The zero-order valence-corrected chi connectivity index (χ0v) is 17.4. The molecule has 0 heterocycles. The predicted octanol–water partition coefficient (Wildman–Crippen LogP) is 6.69. The highest BCUT2D eigenvalue weighted by Gasteiger charge is 2.45. The highest BCUT2D eigenvalue weighted by Crippen LogP contribution is 2.41. The summed E-state index contributed by atoms with van der Waals surface area (Å²) in [5.74, 6) is 0.352. The molecule has 0 aromatic heterocycles. The standard InChI is InChI=1S/C25H34O/c1-7-15-24(5,21-13-9-11-19(3)17-21)23(26)25(6,16-8-2)22-14-10-12-20(4)18-22/h9-14,17-18H,7-8,15-16H2,1-6H3. The van der Waals surface area contributed by atoms with Crippen LogP contribution in [0.5, 0.6) is 0 Å². The third-order valence-electron chi connectivity index (χ3n) is 5.81. The molecule has 1 heteroatoms. The van der Waals surface area contributed by atoms with Crippen LogP contribution in [0.25, 0.3) is 0 Å². The lowest BCUT2D eigenvalue weighted by Crippen LogP contribution is -2.46. The van der Waals surface area contributed by atoms with Gasteiger partial charge in [0.1, 0.15) is 0 Å². The molecule has 0 saturated heterocycles. The number of hydrogen-bond donors (Lipinski definition) is 0. The lowest BCUT2D eigenvalue weighted by atomic mass is 9.62. The van der Waals surface area contributed by atoms with Crippen LogP contribution in [0, 0.1) is 13.8 Å². The Bertz CT molecular complexity index is 697. The van der Waals surface area contributed by atoms with Gasteiger partial charge in [-0.3, -0.25) is 4.79 Å². The van der Waals surface area contributed by atoms with Crippen molar-refractivity contribution in [2.24, 2.45) is 0 Å². The van der Waals surface area contributed by atoms with Crippen molar-refractivity contribution < 1.29 is 4.79 Å². The van der Waals surface area contributed by atoms with E-state index in [1.807, 2.05) is 0 Å². The normalized spacial score (nSPS) is 15.9. The topological polar surface area (TPSA) is 17.1 Å². The van der Waals surface area contributed by atoms with Crippen molar-refractivity contribution in [3.63, 3.8) is 0 Å². The number of carbonyl (C=O) groups is 1. The van der Waals surface area contributed by atoms with Crippen LogP contribution < -0.4 is 0 Å². The molecule has 0 spiro atoms. The highest BCUT2D eigenvalue weighted by molar-refractivity contribution is 5.98.